The minimum absolute atomic E-state index is 0.136. The topological polar surface area (TPSA) is 86.0 Å². The number of hydrogen-bond donors (Lipinski definition) is 2. The molecule has 3 aliphatic heterocycles. The number of rotatable bonds is 5. The van der Waals surface area contributed by atoms with Crippen molar-refractivity contribution in [1.29, 1.82) is 0 Å². The summed E-state index contributed by atoms with van der Waals surface area (Å²) < 4.78 is 1.84. The zero-order valence-electron chi connectivity index (χ0n) is 23.8. The molecule has 0 atom stereocenters. The first-order valence-electron chi connectivity index (χ1n) is 15.1. The average Bonchev–Trinajstić information content (AvgIpc) is 3.62. The third kappa shape index (κ3) is 5.27. The Bertz CT molecular complexity index is 1570. The van der Waals surface area contributed by atoms with Crippen molar-refractivity contribution in [2.45, 2.75) is 44.1 Å². The monoisotopic (exact) mass is 584 g/mol. The lowest BCUT2D eigenvalue weighted by atomic mass is 9.78. The van der Waals surface area contributed by atoms with Gasteiger partial charge >= 0.3 is 0 Å². The van der Waals surface area contributed by atoms with Gasteiger partial charge in [-0.25, -0.2) is 9.50 Å². The van der Waals surface area contributed by atoms with Crippen LogP contribution in [0.15, 0.2) is 66.9 Å². The lowest BCUT2D eigenvalue weighted by Gasteiger charge is -2.39. The Kier molecular flexibility index (Phi) is 7.16. The van der Waals surface area contributed by atoms with E-state index >= 15 is 0 Å². The van der Waals surface area contributed by atoms with Crippen molar-refractivity contribution in [2.24, 2.45) is 5.41 Å². The number of benzene rings is 2. The fourth-order valence-corrected chi connectivity index (χ4v) is 7.15. The highest BCUT2D eigenvalue weighted by Gasteiger charge is 2.40. The predicted octanol–water partition coefficient (Wildman–Crippen LogP) is 4.68. The Balaban J connectivity index is 1.02. The van der Waals surface area contributed by atoms with Crippen LogP contribution in [-0.2, 0) is 12.0 Å². The Hall–Kier alpha value is -3.46. The van der Waals surface area contributed by atoms with Gasteiger partial charge in [0.25, 0.3) is 5.91 Å². The second kappa shape index (κ2) is 11.0. The second-order valence-electron chi connectivity index (χ2n) is 12.3. The smallest absolute Gasteiger partial charge is 0.253 e. The van der Waals surface area contributed by atoms with Crippen LogP contribution in [0, 0.1) is 5.41 Å². The quantitative estimate of drug-likeness (QED) is 0.354. The molecule has 1 amide bonds. The number of amides is 1. The molecule has 7 rings (SSSR count). The van der Waals surface area contributed by atoms with Gasteiger partial charge in [0.15, 0.2) is 11.5 Å². The Morgan fingerprint density at radius 3 is 2.40 bits per heavy atom. The Labute approximate surface area is 251 Å². The number of fused-ring (bicyclic) bond motifs is 1. The van der Waals surface area contributed by atoms with Crippen molar-refractivity contribution in [1.82, 2.24) is 24.8 Å². The van der Waals surface area contributed by atoms with Crippen LogP contribution >= 0.6 is 11.6 Å². The van der Waals surface area contributed by atoms with Crippen LogP contribution in [0.1, 0.15) is 59.4 Å². The van der Waals surface area contributed by atoms with Crippen LogP contribution in [-0.4, -0.2) is 69.8 Å². The first kappa shape index (κ1) is 27.4. The van der Waals surface area contributed by atoms with Gasteiger partial charge in [-0.2, -0.15) is 5.10 Å². The molecule has 3 aliphatic rings. The lowest BCUT2D eigenvalue weighted by molar-refractivity contribution is 0.0118. The first-order chi connectivity index (χ1) is 20.4. The van der Waals surface area contributed by atoms with Crippen molar-refractivity contribution in [2.75, 3.05) is 44.2 Å². The van der Waals surface area contributed by atoms with Crippen molar-refractivity contribution >= 4 is 28.8 Å². The van der Waals surface area contributed by atoms with E-state index in [0.717, 1.165) is 79.3 Å². The zero-order valence-corrected chi connectivity index (χ0v) is 24.6. The van der Waals surface area contributed by atoms with Crippen LogP contribution in [0.4, 0.5) is 5.69 Å². The fourth-order valence-electron chi connectivity index (χ4n) is 7.03. The molecule has 3 fully saturated rings. The van der Waals surface area contributed by atoms with Gasteiger partial charge in [-0.15, -0.1) is 0 Å². The minimum atomic E-state index is -0.859. The molecule has 9 heteroatoms. The van der Waals surface area contributed by atoms with Crippen LogP contribution in [0.3, 0.4) is 0 Å². The molecule has 0 unspecified atom stereocenters. The highest BCUT2D eigenvalue weighted by atomic mass is 35.5. The molecular weight excluding hydrogens is 548 g/mol. The maximum Gasteiger partial charge on any atom is 0.253 e. The molecule has 0 saturated carbocycles. The standard InChI is InChI=1S/C33H37ClN6O2/c34-27-9-7-26(8-10-27)33(42)14-20-38(21-15-33)28-2-1-18-40-30(28)36-29(37-40)22-24-3-5-25(6-4-24)31(41)39-19-13-32(23-39)11-16-35-17-12-32/h1-10,18,35,42H,11-17,19-23H2. The molecule has 3 saturated heterocycles. The average molecular weight is 585 g/mol. The number of halogens is 1. The van der Waals surface area contributed by atoms with E-state index in [9.17, 15) is 9.90 Å². The summed E-state index contributed by atoms with van der Waals surface area (Å²) >= 11 is 6.05. The van der Waals surface area contributed by atoms with Gasteiger partial charge in [-0.05, 0) is 98.1 Å². The van der Waals surface area contributed by atoms with Gasteiger partial charge in [-0.3, -0.25) is 4.79 Å². The third-order valence-electron chi connectivity index (χ3n) is 9.65. The summed E-state index contributed by atoms with van der Waals surface area (Å²) in [6.07, 6.45) is 7.19. The van der Waals surface area contributed by atoms with E-state index in [0.29, 0.717) is 42.8 Å². The van der Waals surface area contributed by atoms with E-state index < -0.39 is 5.60 Å². The molecule has 5 heterocycles. The third-order valence-corrected chi connectivity index (χ3v) is 9.90. The van der Waals surface area contributed by atoms with Crippen LogP contribution in [0.2, 0.25) is 5.02 Å². The van der Waals surface area contributed by atoms with E-state index in [1.807, 2.05) is 70.2 Å². The normalized spacial score (nSPS) is 20.0. The molecule has 4 aromatic rings. The summed E-state index contributed by atoms with van der Waals surface area (Å²) in [7, 11) is 0. The van der Waals surface area contributed by atoms with Gasteiger partial charge in [0, 0.05) is 49.4 Å². The number of aliphatic hydroxyl groups is 1. The maximum atomic E-state index is 13.2. The van der Waals surface area contributed by atoms with E-state index in [2.05, 4.69) is 16.3 Å². The summed E-state index contributed by atoms with van der Waals surface area (Å²) in [4.78, 5) is 22.5. The number of hydrogen-bond acceptors (Lipinski definition) is 6. The molecule has 2 N–H and O–H groups in total. The number of carbonyl (C=O) groups is 1. The molecule has 2 aromatic heterocycles. The number of anilines is 1. The number of carbonyl (C=O) groups excluding carboxylic acids is 1. The van der Waals surface area contributed by atoms with Crippen LogP contribution in [0.5, 0.6) is 0 Å². The van der Waals surface area contributed by atoms with Gasteiger partial charge in [0.1, 0.15) is 0 Å². The van der Waals surface area contributed by atoms with Gasteiger partial charge < -0.3 is 20.2 Å². The molecule has 0 bridgehead atoms. The second-order valence-corrected chi connectivity index (χ2v) is 12.8. The molecular formula is C33H37ClN6O2. The SMILES string of the molecule is O=C(c1ccc(Cc2nc3c(N4CCC(O)(c5ccc(Cl)cc5)CC4)cccn3n2)cc1)N1CCC2(CCNCC2)C1. The van der Waals surface area contributed by atoms with Gasteiger partial charge in [0.05, 0.1) is 11.3 Å². The maximum absolute atomic E-state index is 13.2. The van der Waals surface area contributed by atoms with Crippen LogP contribution < -0.4 is 10.2 Å². The molecule has 0 radical (unpaired) electrons. The molecule has 42 heavy (non-hydrogen) atoms. The van der Waals surface area contributed by atoms with Crippen molar-refractivity contribution in [3.8, 4) is 0 Å². The molecule has 218 valence electrons. The molecule has 0 aliphatic carbocycles. The van der Waals surface area contributed by atoms with E-state index in [-0.39, 0.29) is 5.91 Å². The van der Waals surface area contributed by atoms with Gasteiger partial charge in [0.2, 0.25) is 0 Å². The summed E-state index contributed by atoms with van der Waals surface area (Å²) in [5.41, 5.74) is 4.02. The lowest BCUT2D eigenvalue weighted by Crippen LogP contribution is -2.42. The number of piperidine rings is 2. The fraction of sp³-hybridized carbons (Fsp3) is 0.424. The highest BCUT2D eigenvalue weighted by molar-refractivity contribution is 6.30. The number of pyridine rings is 1. The summed E-state index contributed by atoms with van der Waals surface area (Å²) in [5, 5.41) is 20.2. The van der Waals surface area contributed by atoms with E-state index in [1.54, 1.807) is 0 Å². The predicted molar refractivity (Wildman–Crippen MR) is 164 cm³/mol. The van der Waals surface area contributed by atoms with E-state index in [1.165, 1.54) is 0 Å². The highest BCUT2D eigenvalue weighted by Crippen LogP contribution is 2.39. The summed E-state index contributed by atoms with van der Waals surface area (Å²) in [5.74, 6) is 0.876. The number of nitrogens with zero attached hydrogens (tertiary/aromatic N) is 5. The summed E-state index contributed by atoms with van der Waals surface area (Å²) in [6, 6.07) is 19.5. The number of nitrogens with one attached hydrogen (secondary N) is 1. The Morgan fingerprint density at radius 2 is 1.67 bits per heavy atom. The molecule has 2 aromatic carbocycles. The molecule has 8 nitrogen and oxygen atoms in total. The van der Waals surface area contributed by atoms with Crippen LogP contribution in [0.25, 0.3) is 5.65 Å². The van der Waals surface area contributed by atoms with Crippen molar-refractivity contribution in [3.63, 3.8) is 0 Å². The molecule has 1 spiro atoms. The van der Waals surface area contributed by atoms with E-state index in [4.69, 9.17) is 21.7 Å². The summed E-state index contributed by atoms with van der Waals surface area (Å²) in [6.45, 7) is 5.27. The first-order valence-corrected chi connectivity index (χ1v) is 15.4. The largest absolute Gasteiger partial charge is 0.385 e. The van der Waals surface area contributed by atoms with Crippen molar-refractivity contribution in [3.05, 3.63) is 94.4 Å². The van der Waals surface area contributed by atoms with Crippen molar-refractivity contribution < 1.29 is 9.90 Å². The number of likely N-dealkylation sites (tertiary alicyclic amines) is 1. The zero-order chi connectivity index (χ0) is 28.7. The number of aromatic nitrogens is 3. The van der Waals surface area contributed by atoms with Gasteiger partial charge in [-0.1, -0.05) is 35.9 Å². The Morgan fingerprint density at radius 1 is 0.929 bits per heavy atom. The minimum Gasteiger partial charge on any atom is -0.385 e.